The molecule has 32 heavy (non-hydrogen) atoms. The summed E-state index contributed by atoms with van der Waals surface area (Å²) in [6.45, 7) is 4.33. The molecule has 0 unspecified atom stereocenters. The molecule has 1 aliphatic heterocycles. The first-order valence-electron chi connectivity index (χ1n) is 10.8. The topological polar surface area (TPSA) is 57.7 Å². The molecule has 0 atom stereocenters. The Morgan fingerprint density at radius 1 is 1.03 bits per heavy atom. The Bertz CT molecular complexity index is 1070. The first-order valence-corrected chi connectivity index (χ1v) is 10.8. The Labute approximate surface area is 185 Å². The van der Waals surface area contributed by atoms with Crippen molar-refractivity contribution in [1.29, 1.82) is 0 Å². The number of carbonyl (C=O) groups excluding carboxylic acids is 1. The molecule has 0 aliphatic carbocycles. The zero-order valence-corrected chi connectivity index (χ0v) is 17.8. The molecular weight excluding hydrogens is 414 g/mol. The summed E-state index contributed by atoms with van der Waals surface area (Å²) in [6, 6.07) is 13.4. The van der Waals surface area contributed by atoms with Crippen molar-refractivity contribution in [1.82, 2.24) is 15.2 Å². The SMILES string of the molecule is O=C(NCCCCN1CCN(c2cccc(F)c2F)CC1)Oc1ccc2ncccc2c1. The maximum Gasteiger partial charge on any atom is 0.412 e. The van der Waals surface area contributed by atoms with E-state index in [2.05, 4.69) is 15.2 Å². The summed E-state index contributed by atoms with van der Waals surface area (Å²) in [5, 5.41) is 3.69. The first kappa shape index (κ1) is 22.0. The van der Waals surface area contributed by atoms with Crippen molar-refractivity contribution in [2.75, 3.05) is 44.2 Å². The van der Waals surface area contributed by atoms with Gasteiger partial charge in [0.1, 0.15) is 5.75 Å². The van der Waals surface area contributed by atoms with Gasteiger partial charge in [0, 0.05) is 44.3 Å². The fourth-order valence-corrected chi connectivity index (χ4v) is 3.86. The number of halogens is 2. The van der Waals surface area contributed by atoms with E-state index in [1.165, 1.54) is 6.07 Å². The van der Waals surface area contributed by atoms with Crippen molar-refractivity contribution in [2.45, 2.75) is 12.8 Å². The van der Waals surface area contributed by atoms with Crippen LogP contribution in [0.25, 0.3) is 10.9 Å². The largest absolute Gasteiger partial charge is 0.412 e. The molecule has 4 rings (SSSR count). The molecule has 0 spiro atoms. The van der Waals surface area contributed by atoms with Crippen LogP contribution < -0.4 is 15.0 Å². The molecule has 0 saturated carbocycles. The van der Waals surface area contributed by atoms with Gasteiger partial charge in [0.15, 0.2) is 11.6 Å². The van der Waals surface area contributed by atoms with E-state index in [9.17, 15) is 13.6 Å². The number of benzene rings is 2. The summed E-state index contributed by atoms with van der Waals surface area (Å²) in [4.78, 5) is 20.4. The van der Waals surface area contributed by atoms with Crippen LogP contribution >= 0.6 is 0 Å². The lowest BCUT2D eigenvalue weighted by atomic mass is 10.2. The number of piperazine rings is 1. The van der Waals surface area contributed by atoms with Crippen molar-refractivity contribution in [2.24, 2.45) is 0 Å². The Morgan fingerprint density at radius 2 is 1.88 bits per heavy atom. The van der Waals surface area contributed by atoms with Crippen LogP contribution in [0.3, 0.4) is 0 Å². The molecule has 0 bridgehead atoms. The van der Waals surface area contributed by atoms with Crippen LogP contribution in [0.5, 0.6) is 5.75 Å². The van der Waals surface area contributed by atoms with Crippen molar-refractivity contribution < 1.29 is 18.3 Å². The summed E-state index contributed by atoms with van der Waals surface area (Å²) in [7, 11) is 0. The quantitative estimate of drug-likeness (QED) is 0.558. The number of anilines is 1. The van der Waals surface area contributed by atoms with E-state index in [1.54, 1.807) is 24.4 Å². The average molecular weight is 440 g/mol. The highest BCUT2D eigenvalue weighted by atomic mass is 19.2. The minimum atomic E-state index is -0.811. The van der Waals surface area contributed by atoms with Gasteiger partial charge >= 0.3 is 6.09 Å². The summed E-state index contributed by atoms with van der Waals surface area (Å²) < 4.78 is 32.7. The summed E-state index contributed by atoms with van der Waals surface area (Å²) in [5.74, 6) is -1.11. The number of hydrogen-bond acceptors (Lipinski definition) is 5. The lowest BCUT2D eigenvalue weighted by Crippen LogP contribution is -2.47. The third-order valence-corrected chi connectivity index (χ3v) is 5.60. The van der Waals surface area contributed by atoms with Crippen LogP contribution in [0, 0.1) is 11.6 Å². The fourth-order valence-electron chi connectivity index (χ4n) is 3.86. The van der Waals surface area contributed by atoms with Gasteiger partial charge in [-0.15, -0.1) is 0 Å². The maximum atomic E-state index is 14.0. The van der Waals surface area contributed by atoms with Gasteiger partial charge in [-0.3, -0.25) is 9.88 Å². The van der Waals surface area contributed by atoms with Gasteiger partial charge in [-0.1, -0.05) is 12.1 Å². The number of pyridine rings is 1. The van der Waals surface area contributed by atoms with Crippen LogP contribution in [-0.4, -0.2) is 55.2 Å². The number of unbranched alkanes of at least 4 members (excludes halogenated alkanes) is 1. The van der Waals surface area contributed by atoms with E-state index >= 15 is 0 Å². The first-order chi connectivity index (χ1) is 15.6. The third-order valence-electron chi connectivity index (χ3n) is 5.60. The predicted octanol–water partition coefficient (Wildman–Crippen LogP) is 4.20. The van der Waals surface area contributed by atoms with Gasteiger partial charge in [0.25, 0.3) is 0 Å². The van der Waals surface area contributed by atoms with Gasteiger partial charge in [-0.2, -0.15) is 0 Å². The number of aromatic nitrogens is 1. The number of amides is 1. The molecule has 1 N–H and O–H groups in total. The minimum absolute atomic E-state index is 0.329. The maximum absolute atomic E-state index is 14.0. The molecular formula is C24H26F2N4O2. The highest BCUT2D eigenvalue weighted by molar-refractivity contribution is 5.81. The number of nitrogens with one attached hydrogen (secondary N) is 1. The molecule has 1 aromatic heterocycles. The molecule has 2 aromatic carbocycles. The standard InChI is InChI=1S/C24H26F2N4O2/c25-20-6-3-7-22(23(20)26)30-15-13-29(14-16-30)12-2-1-10-28-24(31)32-19-8-9-21-18(17-19)5-4-11-27-21/h3-9,11,17H,1-2,10,12-16H2,(H,28,31). The van der Waals surface area contributed by atoms with Crippen LogP contribution in [0.4, 0.5) is 19.3 Å². The zero-order valence-electron chi connectivity index (χ0n) is 17.8. The van der Waals surface area contributed by atoms with Crippen molar-refractivity contribution >= 4 is 22.7 Å². The molecule has 8 heteroatoms. The van der Waals surface area contributed by atoms with E-state index < -0.39 is 17.7 Å². The normalized spacial score (nSPS) is 14.5. The van der Waals surface area contributed by atoms with Gasteiger partial charge in [0.2, 0.25) is 0 Å². The van der Waals surface area contributed by atoms with Gasteiger partial charge in [-0.25, -0.2) is 13.6 Å². The minimum Gasteiger partial charge on any atom is -0.410 e. The van der Waals surface area contributed by atoms with Gasteiger partial charge in [0.05, 0.1) is 11.2 Å². The number of carbonyl (C=O) groups is 1. The Morgan fingerprint density at radius 3 is 2.72 bits per heavy atom. The molecule has 1 saturated heterocycles. The van der Waals surface area contributed by atoms with Crippen LogP contribution in [-0.2, 0) is 0 Å². The number of nitrogens with zero attached hydrogens (tertiary/aromatic N) is 3. The van der Waals surface area contributed by atoms with Gasteiger partial charge < -0.3 is 15.0 Å². The summed E-state index contributed by atoms with van der Waals surface area (Å²) in [5.41, 5.74) is 1.18. The number of fused-ring (bicyclic) bond motifs is 1. The Balaban J connectivity index is 1.12. The highest BCUT2D eigenvalue weighted by Gasteiger charge is 2.20. The second kappa shape index (κ2) is 10.4. The van der Waals surface area contributed by atoms with E-state index in [-0.39, 0.29) is 0 Å². The molecule has 2 heterocycles. The Hall–Kier alpha value is -3.26. The monoisotopic (exact) mass is 440 g/mol. The molecule has 1 amide bonds. The van der Waals surface area contributed by atoms with Crippen molar-refractivity contribution in [3.63, 3.8) is 0 Å². The van der Waals surface area contributed by atoms with Gasteiger partial charge in [-0.05, 0) is 55.8 Å². The van der Waals surface area contributed by atoms with Crippen LogP contribution in [0.2, 0.25) is 0 Å². The average Bonchev–Trinajstić information content (AvgIpc) is 2.81. The van der Waals surface area contributed by atoms with Crippen molar-refractivity contribution in [3.05, 3.63) is 66.4 Å². The van der Waals surface area contributed by atoms with Crippen LogP contribution in [0.15, 0.2) is 54.7 Å². The van der Waals surface area contributed by atoms with E-state index in [0.717, 1.165) is 49.4 Å². The Kier molecular flexibility index (Phi) is 7.11. The lowest BCUT2D eigenvalue weighted by Gasteiger charge is -2.36. The van der Waals surface area contributed by atoms with E-state index in [1.807, 2.05) is 23.1 Å². The molecule has 1 aliphatic rings. The summed E-state index contributed by atoms with van der Waals surface area (Å²) >= 11 is 0. The number of ether oxygens (including phenoxy) is 1. The molecule has 6 nitrogen and oxygen atoms in total. The van der Waals surface area contributed by atoms with Crippen LogP contribution in [0.1, 0.15) is 12.8 Å². The summed E-state index contributed by atoms with van der Waals surface area (Å²) in [6.07, 6.45) is 3.00. The third kappa shape index (κ3) is 5.50. The number of hydrogen-bond donors (Lipinski definition) is 1. The fraction of sp³-hybridized carbons (Fsp3) is 0.333. The highest BCUT2D eigenvalue weighted by Crippen LogP contribution is 2.23. The molecule has 1 fully saturated rings. The second-order valence-electron chi connectivity index (χ2n) is 7.78. The lowest BCUT2D eigenvalue weighted by molar-refractivity contribution is 0.199. The predicted molar refractivity (Wildman–Crippen MR) is 120 cm³/mol. The zero-order chi connectivity index (χ0) is 22.3. The van der Waals surface area contributed by atoms with E-state index in [0.29, 0.717) is 31.1 Å². The van der Waals surface area contributed by atoms with Crippen molar-refractivity contribution in [3.8, 4) is 5.75 Å². The number of rotatable bonds is 7. The van der Waals surface area contributed by atoms with E-state index in [4.69, 9.17) is 4.74 Å². The molecule has 3 aromatic rings. The second-order valence-corrected chi connectivity index (χ2v) is 7.78. The molecule has 0 radical (unpaired) electrons. The smallest absolute Gasteiger partial charge is 0.410 e. The molecule has 168 valence electrons.